The van der Waals surface area contributed by atoms with Gasteiger partial charge in [-0.05, 0) is 52.1 Å². The maximum Gasteiger partial charge on any atom is 4.00 e. The second-order valence-corrected chi connectivity index (χ2v) is 4.34. The molecule has 0 radical (unpaired) electrons. The zero-order chi connectivity index (χ0) is 13.3. The first kappa shape index (κ1) is 50.3. The minimum absolute atomic E-state index is 0. The summed E-state index contributed by atoms with van der Waals surface area (Å²) in [4.78, 5) is 0. The third kappa shape index (κ3) is 45.9. The molecular formula is C16H43Cl3N4OTi. The van der Waals surface area contributed by atoms with Gasteiger partial charge in [-0.25, -0.2) is 0 Å². The van der Waals surface area contributed by atoms with E-state index in [2.05, 4.69) is 21.3 Å². The van der Waals surface area contributed by atoms with Crippen molar-refractivity contribution < 1.29 is 26.8 Å². The predicted octanol–water partition coefficient (Wildman–Crippen LogP) is 2.93. The summed E-state index contributed by atoms with van der Waals surface area (Å²) in [6.45, 7) is 8.80. The van der Waals surface area contributed by atoms with Crippen molar-refractivity contribution in [1.29, 1.82) is 0 Å². The number of nitrogens with zero attached hydrogens (tertiary/aromatic N) is 1. The van der Waals surface area contributed by atoms with Crippen LogP contribution in [0.2, 0.25) is 0 Å². The normalized spacial score (nSPS) is 15.6. The minimum Gasteiger partial charge on any atom is -0.662 e. The summed E-state index contributed by atoms with van der Waals surface area (Å²) >= 11 is 0. The van der Waals surface area contributed by atoms with Crippen LogP contribution in [0.1, 0.15) is 25.7 Å². The van der Waals surface area contributed by atoms with Gasteiger partial charge in [0, 0.05) is 7.11 Å². The van der Waals surface area contributed by atoms with E-state index >= 15 is 0 Å². The number of rotatable bonds is 0. The summed E-state index contributed by atoms with van der Waals surface area (Å²) in [6, 6.07) is 0. The SMILES string of the molecule is C1C[N-]CCCNCCCNCCCNC1.CO.Cl.Cl.Cl.[CH3-].[CH3-].[CH3-].[Ti+4]. The second kappa shape index (κ2) is 49.9. The third-order valence-electron chi connectivity index (χ3n) is 2.75. The van der Waals surface area contributed by atoms with Gasteiger partial charge < -0.3 is 48.7 Å². The third-order valence-corrected chi connectivity index (χ3v) is 2.75. The molecule has 1 saturated heterocycles. The molecule has 0 atom stereocenters. The molecule has 1 rings (SSSR count). The van der Waals surface area contributed by atoms with E-state index in [9.17, 15) is 0 Å². The molecule has 1 heterocycles. The molecule has 0 spiro atoms. The van der Waals surface area contributed by atoms with E-state index in [0.717, 1.165) is 59.5 Å². The molecule has 1 aliphatic rings. The van der Waals surface area contributed by atoms with Crippen LogP contribution >= 0.6 is 37.2 Å². The molecule has 0 aliphatic carbocycles. The van der Waals surface area contributed by atoms with Gasteiger partial charge in [0.1, 0.15) is 0 Å². The Balaban J connectivity index is -0.0000000516. The fourth-order valence-electron chi connectivity index (χ4n) is 1.80. The molecule has 1 aliphatic heterocycles. The smallest absolute Gasteiger partial charge is 0.662 e. The number of aliphatic hydroxyl groups excluding tert-OH is 1. The van der Waals surface area contributed by atoms with Crippen LogP contribution in [0.5, 0.6) is 0 Å². The number of aliphatic hydroxyl groups is 1. The fourth-order valence-corrected chi connectivity index (χ4v) is 1.80. The molecule has 1 fully saturated rings. The average Bonchev–Trinajstić information content (AvgIpc) is 2.41. The first-order chi connectivity index (χ1) is 9.00. The Morgan fingerprint density at radius 2 is 0.800 bits per heavy atom. The largest absolute Gasteiger partial charge is 4.00 e. The fraction of sp³-hybridized carbons (Fsp3) is 0.812. The number of hydrogen-bond donors (Lipinski definition) is 4. The Morgan fingerprint density at radius 3 is 1.08 bits per heavy atom. The van der Waals surface area contributed by atoms with E-state index in [0.29, 0.717) is 0 Å². The Bertz CT molecular complexity index is 103. The summed E-state index contributed by atoms with van der Waals surface area (Å²) in [7, 11) is 1.00. The molecule has 0 aromatic carbocycles. The molecule has 0 aromatic heterocycles. The first-order valence-corrected chi connectivity index (χ1v) is 7.20. The van der Waals surface area contributed by atoms with E-state index in [4.69, 9.17) is 5.11 Å². The van der Waals surface area contributed by atoms with Gasteiger partial charge in [-0.1, -0.05) is 12.8 Å². The van der Waals surface area contributed by atoms with Gasteiger partial charge in [-0.2, -0.15) is 0 Å². The Labute approximate surface area is 192 Å². The van der Waals surface area contributed by atoms with E-state index in [1.807, 2.05) is 0 Å². The molecule has 0 saturated carbocycles. The van der Waals surface area contributed by atoms with E-state index in [1.165, 1.54) is 25.7 Å². The van der Waals surface area contributed by atoms with Crippen LogP contribution in [0.15, 0.2) is 0 Å². The van der Waals surface area contributed by atoms with Crippen molar-refractivity contribution in [3.8, 4) is 0 Å². The van der Waals surface area contributed by atoms with Crippen LogP contribution in [-0.2, 0) is 21.7 Å². The van der Waals surface area contributed by atoms with Crippen LogP contribution in [0, 0.1) is 22.3 Å². The zero-order valence-electron chi connectivity index (χ0n) is 16.6. The van der Waals surface area contributed by atoms with Crippen molar-refractivity contribution in [3.63, 3.8) is 0 Å². The summed E-state index contributed by atoms with van der Waals surface area (Å²) in [5.74, 6) is 0. The van der Waals surface area contributed by atoms with Crippen molar-refractivity contribution in [3.05, 3.63) is 27.6 Å². The standard InChI is InChI=1S/C12H27N4.CH4O.3CH3.3ClH.Ti/c1-5-13-7-2-9-15-11-4-12-16-10-3-8-14-6-1;1-2;;;;;;;/h13-15H,1-12H2;2H,1H3;3*1H3;3*1H;/q-1;;3*-1;;;;+4. The van der Waals surface area contributed by atoms with E-state index in [1.54, 1.807) is 0 Å². The van der Waals surface area contributed by atoms with Crippen LogP contribution in [0.25, 0.3) is 5.32 Å². The van der Waals surface area contributed by atoms with Crippen LogP contribution < -0.4 is 16.0 Å². The van der Waals surface area contributed by atoms with E-state index < -0.39 is 0 Å². The first-order valence-electron chi connectivity index (χ1n) is 7.20. The molecule has 0 bridgehead atoms. The number of hydrogen-bond acceptors (Lipinski definition) is 4. The molecule has 9 heteroatoms. The van der Waals surface area contributed by atoms with Gasteiger partial charge in [0.15, 0.2) is 0 Å². The monoisotopic (exact) mass is 460 g/mol. The van der Waals surface area contributed by atoms with Crippen molar-refractivity contribution in [2.45, 2.75) is 25.7 Å². The van der Waals surface area contributed by atoms with Crippen molar-refractivity contribution >= 4 is 37.2 Å². The van der Waals surface area contributed by atoms with Crippen molar-refractivity contribution in [1.82, 2.24) is 16.0 Å². The van der Waals surface area contributed by atoms with Crippen molar-refractivity contribution in [2.75, 3.05) is 59.5 Å². The molecule has 5 nitrogen and oxygen atoms in total. The maximum atomic E-state index is 7.00. The molecular weight excluding hydrogens is 418 g/mol. The molecule has 0 amide bonds. The molecule has 25 heavy (non-hydrogen) atoms. The second-order valence-electron chi connectivity index (χ2n) is 4.34. The number of nitrogens with one attached hydrogen (secondary N) is 3. The van der Waals surface area contributed by atoms with Crippen molar-refractivity contribution in [2.24, 2.45) is 0 Å². The molecule has 158 valence electrons. The quantitative estimate of drug-likeness (QED) is 0.331. The van der Waals surface area contributed by atoms with Crippen LogP contribution in [0.4, 0.5) is 0 Å². The predicted molar refractivity (Wildman–Crippen MR) is 119 cm³/mol. The summed E-state index contributed by atoms with van der Waals surface area (Å²) in [5, 5.41) is 21.9. The van der Waals surface area contributed by atoms with Gasteiger partial charge in [0.05, 0.1) is 0 Å². The average molecular weight is 462 g/mol. The zero-order valence-corrected chi connectivity index (χ0v) is 20.6. The van der Waals surface area contributed by atoms with Gasteiger partial charge in [-0.3, -0.25) is 0 Å². The summed E-state index contributed by atoms with van der Waals surface area (Å²) in [5.41, 5.74) is 0. The Morgan fingerprint density at radius 1 is 0.560 bits per heavy atom. The van der Waals surface area contributed by atoms with Gasteiger partial charge >= 0.3 is 21.7 Å². The molecule has 4 N–H and O–H groups in total. The molecule has 0 aromatic rings. The Hall–Kier alpha value is 1.38. The summed E-state index contributed by atoms with van der Waals surface area (Å²) < 4.78 is 0. The Kier molecular flexibility index (Phi) is 100. The number of halogens is 3. The van der Waals surface area contributed by atoms with Crippen LogP contribution in [0.3, 0.4) is 0 Å². The van der Waals surface area contributed by atoms with Gasteiger partial charge in [0.25, 0.3) is 0 Å². The summed E-state index contributed by atoms with van der Waals surface area (Å²) in [6.07, 6.45) is 4.82. The molecule has 0 unspecified atom stereocenters. The van der Waals surface area contributed by atoms with Gasteiger partial charge in [0.2, 0.25) is 0 Å². The van der Waals surface area contributed by atoms with Gasteiger partial charge in [-0.15, -0.1) is 50.3 Å². The van der Waals surface area contributed by atoms with E-state index in [-0.39, 0.29) is 81.2 Å². The topological polar surface area (TPSA) is 70.4 Å². The minimum atomic E-state index is 0. The van der Waals surface area contributed by atoms with Crippen LogP contribution in [-0.4, -0.2) is 64.6 Å². The maximum absolute atomic E-state index is 7.00.